The summed E-state index contributed by atoms with van der Waals surface area (Å²) in [5.41, 5.74) is -2.71. The quantitative estimate of drug-likeness (QED) is 0.0757. The maximum absolute atomic E-state index is 15.6. The summed E-state index contributed by atoms with van der Waals surface area (Å²) in [6.07, 6.45) is -4.75. The number of hydrogen-bond donors (Lipinski definition) is 0. The number of ether oxygens (including phenoxy) is 7. The number of hydrogen-bond acceptors (Lipinski definition) is 14. The number of halogens is 1. The van der Waals surface area contributed by atoms with E-state index in [-0.39, 0.29) is 25.7 Å². The van der Waals surface area contributed by atoms with E-state index < -0.39 is 107 Å². The van der Waals surface area contributed by atoms with Gasteiger partial charge in [-0.25, -0.2) is 0 Å². The molecule has 2 heterocycles. The average molecular weight is 992 g/mol. The molecule has 17 heteroatoms. The number of benzene rings is 2. The van der Waals surface area contributed by atoms with Crippen LogP contribution in [0, 0.1) is 33.0 Å². The van der Waals surface area contributed by atoms with Crippen molar-refractivity contribution in [3.63, 3.8) is 0 Å². The van der Waals surface area contributed by atoms with E-state index in [4.69, 9.17) is 44.8 Å². The Morgan fingerprint density at radius 2 is 1.28 bits per heavy atom. The molecule has 0 radical (unpaired) electrons. The first-order chi connectivity index (χ1) is 31.1. The van der Waals surface area contributed by atoms with Crippen LogP contribution >= 0.6 is 18.7 Å². The molecule has 2 aromatic carbocycles. The zero-order chi connectivity index (χ0) is 51.5. The van der Waals surface area contributed by atoms with E-state index in [1.54, 1.807) is 123 Å². The fraction of sp³-hybridized carbons (Fsp3) is 0.667. The van der Waals surface area contributed by atoms with Gasteiger partial charge >= 0.3 is 23.9 Å². The minimum absolute atomic E-state index is 0.0439. The minimum Gasteiger partial charge on any atom is -0.493 e. The second-order valence-electron chi connectivity index (χ2n) is 23.4. The number of anilines is 1. The Labute approximate surface area is 408 Å². The molecular formula is C51H76ClN2O13P. The Bertz CT molecular complexity index is 2150. The molecule has 0 aliphatic carbocycles. The highest BCUT2D eigenvalue weighted by Gasteiger charge is 2.50. The molecule has 4 rings (SSSR count). The van der Waals surface area contributed by atoms with Crippen molar-refractivity contribution in [3.8, 4) is 11.5 Å². The Kier molecular flexibility index (Phi) is 17.8. The number of carbonyl (C=O) groups excluding carboxylic acids is 5. The third-order valence-electron chi connectivity index (χ3n) is 11.4. The summed E-state index contributed by atoms with van der Waals surface area (Å²) in [5.74, 6) is -2.68. The lowest BCUT2D eigenvalue weighted by Gasteiger charge is -2.46. The van der Waals surface area contributed by atoms with Crippen molar-refractivity contribution in [2.24, 2.45) is 33.0 Å². The van der Waals surface area contributed by atoms with Gasteiger partial charge in [-0.1, -0.05) is 44.5 Å². The van der Waals surface area contributed by atoms with Crippen LogP contribution in [0.25, 0.3) is 0 Å². The molecule has 2 aliphatic heterocycles. The molecule has 0 spiro atoms. The predicted octanol–water partition coefficient (Wildman–Crippen LogP) is 10.2. The van der Waals surface area contributed by atoms with Crippen molar-refractivity contribution >= 4 is 54.2 Å². The van der Waals surface area contributed by atoms with Gasteiger partial charge in [0.05, 0.1) is 47.6 Å². The second kappa shape index (κ2) is 21.4. The van der Waals surface area contributed by atoms with Gasteiger partial charge in [0.25, 0.3) is 12.2 Å². The summed E-state index contributed by atoms with van der Waals surface area (Å²) in [5, 5.41) is 0.397. The standard InChI is InChI=1S/C51H76ClN2O13P/c1-47(2,3)28-54-35-22-21-32(52)26-34(35)38(33-19-18-20-37(61-16)39(33)62-17)65-41(40(54)55)53-24-23-31(25-36(53)42(66-45(58)50(10,11)12)67-46(59)51(13,14)15)27-68(60,29-63-43(56)48(4,5)6)30-64-44(57)49(7,8)9/h18-22,26,31,36,38,41-42H,23-25,27-30H2,1-17H3/t31?,36?,38-,41-/m1/s1. The van der Waals surface area contributed by atoms with Crippen LogP contribution in [-0.2, 0) is 52.2 Å². The normalized spacial score (nSPS) is 20.0. The lowest BCUT2D eigenvalue weighted by Crippen LogP contribution is -2.61. The number of piperidine rings is 1. The molecule has 2 aromatic rings. The fourth-order valence-electron chi connectivity index (χ4n) is 7.67. The van der Waals surface area contributed by atoms with Gasteiger partial charge in [0.2, 0.25) is 0 Å². The number of methoxy groups -OCH3 is 2. The van der Waals surface area contributed by atoms with Gasteiger partial charge in [-0.2, -0.15) is 0 Å². The number of fused-ring (bicyclic) bond motifs is 1. The molecule has 4 atom stereocenters. The summed E-state index contributed by atoms with van der Waals surface area (Å²) in [4.78, 5) is 73.1. The molecule has 1 saturated heterocycles. The van der Waals surface area contributed by atoms with Gasteiger partial charge < -0.3 is 42.6 Å². The number of amides is 1. The Hall–Kier alpha value is -4.17. The maximum Gasteiger partial charge on any atom is 0.314 e. The van der Waals surface area contributed by atoms with Gasteiger partial charge in [0.1, 0.15) is 18.8 Å². The van der Waals surface area contributed by atoms with Crippen LogP contribution < -0.4 is 14.4 Å². The lowest BCUT2D eigenvalue weighted by atomic mass is 9.90. The van der Waals surface area contributed by atoms with Gasteiger partial charge in [0.15, 0.2) is 24.9 Å². The molecular weight excluding hydrogens is 915 g/mol. The Morgan fingerprint density at radius 1 is 0.750 bits per heavy atom. The van der Waals surface area contributed by atoms with Crippen molar-refractivity contribution < 1.29 is 61.7 Å². The summed E-state index contributed by atoms with van der Waals surface area (Å²) >= 11 is 6.74. The van der Waals surface area contributed by atoms with E-state index in [9.17, 15) is 19.2 Å². The predicted molar refractivity (Wildman–Crippen MR) is 261 cm³/mol. The van der Waals surface area contributed by atoms with Crippen LogP contribution in [0.5, 0.6) is 11.5 Å². The third-order valence-corrected chi connectivity index (χ3v) is 14.0. The largest absolute Gasteiger partial charge is 0.493 e. The van der Waals surface area contributed by atoms with E-state index in [0.29, 0.717) is 39.8 Å². The van der Waals surface area contributed by atoms with Crippen molar-refractivity contribution in [3.05, 3.63) is 52.5 Å². The molecule has 1 amide bonds. The summed E-state index contributed by atoms with van der Waals surface area (Å²) in [6.45, 7) is 26.5. The monoisotopic (exact) mass is 990 g/mol. The minimum atomic E-state index is -3.68. The SMILES string of the molecule is COc1cccc([C@H]2O[C@@H](N3CCC(CP(=O)(COC(=O)C(C)(C)C)COC(=O)C(C)(C)C)CC3C(OC(=O)C(C)(C)C)OC(=O)C(C)(C)C)C(=O)N(CC(C)(C)C)c3ccc(Cl)cc32)c1OC. The van der Waals surface area contributed by atoms with Crippen molar-refractivity contribution in [2.45, 2.75) is 141 Å². The first kappa shape index (κ1) is 56.4. The molecule has 68 heavy (non-hydrogen) atoms. The molecule has 380 valence electrons. The molecule has 0 bridgehead atoms. The summed E-state index contributed by atoms with van der Waals surface area (Å²) in [7, 11) is -0.649. The van der Waals surface area contributed by atoms with Gasteiger partial charge in [-0.15, -0.1) is 0 Å². The molecule has 0 aromatic heterocycles. The number of rotatable bonds is 14. The van der Waals surface area contributed by atoms with Crippen LogP contribution in [0.1, 0.15) is 134 Å². The van der Waals surface area contributed by atoms with Crippen LogP contribution in [0.2, 0.25) is 5.02 Å². The number of para-hydroxylation sites is 1. The van der Waals surface area contributed by atoms with Crippen molar-refractivity contribution in [1.29, 1.82) is 0 Å². The van der Waals surface area contributed by atoms with Crippen molar-refractivity contribution in [2.75, 3.05) is 51.1 Å². The highest BCUT2D eigenvalue weighted by Crippen LogP contribution is 2.52. The molecule has 15 nitrogen and oxygen atoms in total. The van der Waals surface area contributed by atoms with Crippen molar-refractivity contribution in [1.82, 2.24) is 4.90 Å². The van der Waals surface area contributed by atoms with E-state index in [1.807, 2.05) is 26.8 Å². The number of nitrogens with zero attached hydrogens (tertiary/aromatic N) is 2. The number of esters is 4. The van der Waals surface area contributed by atoms with Gasteiger partial charge in [-0.05, 0) is 132 Å². The molecule has 0 saturated carbocycles. The Balaban J connectivity index is 1.98. The van der Waals surface area contributed by atoms with Crippen LogP contribution in [0.3, 0.4) is 0 Å². The zero-order valence-electron chi connectivity index (χ0n) is 43.3. The first-order valence-corrected chi connectivity index (χ1v) is 25.8. The molecule has 1 fully saturated rings. The lowest BCUT2D eigenvalue weighted by molar-refractivity contribution is -0.225. The Morgan fingerprint density at radius 3 is 1.75 bits per heavy atom. The maximum atomic E-state index is 15.6. The second-order valence-corrected chi connectivity index (χ2v) is 26.8. The highest BCUT2D eigenvalue weighted by atomic mass is 35.5. The van der Waals surface area contributed by atoms with Crippen LogP contribution in [0.4, 0.5) is 5.69 Å². The zero-order valence-corrected chi connectivity index (χ0v) is 45.0. The highest BCUT2D eigenvalue weighted by molar-refractivity contribution is 7.63. The van der Waals surface area contributed by atoms with E-state index in [1.165, 1.54) is 14.2 Å². The molecule has 2 aliphatic rings. The number of carbonyl (C=O) groups is 5. The first-order valence-electron chi connectivity index (χ1n) is 23.2. The summed E-state index contributed by atoms with van der Waals surface area (Å²) < 4.78 is 57.7. The average Bonchev–Trinajstić information content (AvgIpc) is 3.32. The fourth-order valence-corrected chi connectivity index (χ4v) is 10.1. The van der Waals surface area contributed by atoms with Gasteiger partial charge in [-0.3, -0.25) is 28.9 Å². The smallest absolute Gasteiger partial charge is 0.314 e. The van der Waals surface area contributed by atoms with E-state index >= 15 is 9.36 Å². The topological polar surface area (TPSA) is 174 Å². The molecule has 2 unspecified atom stereocenters. The third kappa shape index (κ3) is 14.4. The van der Waals surface area contributed by atoms with E-state index in [0.717, 1.165) is 0 Å². The summed E-state index contributed by atoms with van der Waals surface area (Å²) in [6, 6.07) is 9.52. The van der Waals surface area contributed by atoms with E-state index in [2.05, 4.69) is 0 Å². The number of likely N-dealkylation sites (tertiary alicyclic amines) is 1. The van der Waals surface area contributed by atoms with Crippen LogP contribution in [-0.4, -0.2) is 99.4 Å². The molecule has 0 N–H and O–H groups in total. The van der Waals surface area contributed by atoms with Crippen LogP contribution in [0.15, 0.2) is 36.4 Å². The van der Waals surface area contributed by atoms with Gasteiger partial charge in [0, 0.05) is 35.4 Å².